The lowest BCUT2D eigenvalue weighted by atomic mass is 9.78. The van der Waals surface area contributed by atoms with Crippen molar-refractivity contribution in [2.45, 2.75) is 31.5 Å². The van der Waals surface area contributed by atoms with Gasteiger partial charge >= 0.3 is 0 Å². The second kappa shape index (κ2) is 11.6. The topological polar surface area (TPSA) is 106 Å². The highest BCUT2D eigenvalue weighted by atomic mass is 35.5. The number of ether oxygens (including phenoxy) is 2. The first kappa shape index (κ1) is 25.1. The van der Waals surface area contributed by atoms with Gasteiger partial charge in [0.2, 0.25) is 0 Å². The molecule has 0 saturated heterocycles. The van der Waals surface area contributed by atoms with Gasteiger partial charge in [0.1, 0.15) is 36.9 Å². The predicted molar refractivity (Wildman–Crippen MR) is 127 cm³/mol. The van der Waals surface area contributed by atoms with Crippen LogP contribution < -0.4 is 20.4 Å². The highest BCUT2D eigenvalue weighted by molar-refractivity contribution is 6.18. The van der Waals surface area contributed by atoms with E-state index in [2.05, 4.69) is 24.8 Å². The fraction of sp³-hybridized carbons (Fsp3) is 0.417. The normalized spacial score (nSPS) is 15.6. The number of halogens is 1. The minimum absolute atomic E-state index is 0.102. The van der Waals surface area contributed by atoms with Crippen LogP contribution in [0.1, 0.15) is 25.0 Å². The van der Waals surface area contributed by atoms with Gasteiger partial charge in [-0.15, -0.1) is 17.1 Å². The molecule has 33 heavy (non-hydrogen) atoms. The number of benzene rings is 2. The van der Waals surface area contributed by atoms with Gasteiger partial charge in [0.15, 0.2) is 0 Å². The summed E-state index contributed by atoms with van der Waals surface area (Å²) in [5.41, 5.74) is 8.27. The molecule has 3 rings (SSSR count). The Kier molecular flexibility index (Phi) is 8.82. The third-order valence-corrected chi connectivity index (χ3v) is 5.82. The summed E-state index contributed by atoms with van der Waals surface area (Å²) in [6.45, 7) is 4.80. The number of hydrazine groups is 2. The van der Waals surface area contributed by atoms with Crippen LogP contribution >= 0.6 is 11.6 Å². The fourth-order valence-corrected chi connectivity index (χ4v) is 3.48. The zero-order valence-electron chi connectivity index (χ0n) is 18.9. The van der Waals surface area contributed by atoms with Crippen molar-refractivity contribution in [1.29, 1.82) is 0 Å². The molecule has 180 valence electrons. The summed E-state index contributed by atoms with van der Waals surface area (Å²) in [5.74, 6) is 1.50. The Morgan fingerprint density at radius 3 is 1.88 bits per heavy atom. The molecule has 0 aliphatic carbocycles. The van der Waals surface area contributed by atoms with Crippen molar-refractivity contribution < 1.29 is 24.8 Å². The van der Waals surface area contributed by atoms with Gasteiger partial charge in [-0.1, -0.05) is 38.1 Å². The maximum absolute atomic E-state index is 10.2. The van der Waals surface area contributed by atoms with Gasteiger partial charge in [0.05, 0.1) is 24.7 Å². The first-order valence-corrected chi connectivity index (χ1v) is 11.3. The molecule has 9 heteroatoms. The molecule has 2 aromatic carbocycles. The summed E-state index contributed by atoms with van der Waals surface area (Å²) < 4.78 is 11.3. The van der Waals surface area contributed by atoms with E-state index in [0.717, 1.165) is 11.1 Å². The number of aliphatic hydroxyl groups excluding tert-OH is 3. The quantitative estimate of drug-likeness (QED) is 0.295. The van der Waals surface area contributed by atoms with Gasteiger partial charge in [-0.2, -0.15) is 0 Å². The maximum Gasteiger partial charge on any atom is 0.119 e. The molecular weight excluding hydrogens is 446 g/mol. The zero-order valence-corrected chi connectivity index (χ0v) is 19.6. The first-order chi connectivity index (χ1) is 15.8. The van der Waals surface area contributed by atoms with Gasteiger partial charge in [-0.05, 0) is 35.4 Å². The fourth-order valence-electron chi connectivity index (χ4n) is 3.39. The number of hydrogen-bond acceptors (Lipinski definition) is 8. The molecule has 1 aliphatic rings. The van der Waals surface area contributed by atoms with Crippen LogP contribution in [0.5, 0.6) is 11.5 Å². The van der Waals surface area contributed by atoms with Gasteiger partial charge in [0.25, 0.3) is 0 Å². The third kappa shape index (κ3) is 6.99. The molecule has 0 saturated carbocycles. The number of nitrogens with zero attached hydrogens (tertiary/aromatic N) is 1. The van der Waals surface area contributed by atoms with Crippen molar-refractivity contribution >= 4 is 11.6 Å². The van der Waals surface area contributed by atoms with E-state index >= 15 is 0 Å². The van der Waals surface area contributed by atoms with Crippen molar-refractivity contribution in [3.8, 4) is 11.5 Å². The maximum atomic E-state index is 10.2. The lowest BCUT2D eigenvalue weighted by Gasteiger charge is -2.26. The molecule has 2 atom stereocenters. The average Bonchev–Trinajstić information content (AvgIpc) is 3.29. The van der Waals surface area contributed by atoms with Crippen LogP contribution in [0.4, 0.5) is 0 Å². The Morgan fingerprint density at radius 2 is 1.42 bits per heavy atom. The third-order valence-electron chi connectivity index (χ3n) is 5.46. The van der Waals surface area contributed by atoms with E-state index in [1.165, 1.54) is 0 Å². The lowest BCUT2D eigenvalue weighted by Crippen LogP contribution is -2.42. The molecule has 0 bridgehead atoms. The van der Waals surface area contributed by atoms with Crippen LogP contribution in [-0.2, 0) is 5.41 Å². The number of nitrogens with one attached hydrogen (secondary N) is 2. The molecule has 1 heterocycles. The Hall–Kier alpha value is -2.49. The highest BCUT2D eigenvalue weighted by Gasteiger charge is 2.23. The number of β-amino-alcohol motifs (C(OH)–C–C–N with tert-alkyl or cyclic N) is 1. The minimum atomic E-state index is -0.712. The van der Waals surface area contributed by atoms with Crippen LogP contribution in [0, 0.1) is 0 Å². The molecule has 0 fully saturated rings. The van der Waals surface area contributed by atoms with Crippen molar-refractivity contribution in [3.05, 3.63) is 71.6 Å². The molecule has 8 nitrogen and oxygen atoms in total. The predicted octanol–water partition coefficient (Wildman–Crippen LogP) is 1.89. The number of aliphatic hydroxyl groups is 3. The van der Waals surface area contributed by atoms with E-state index in [1.54, 1.807) is 11.2 Å². The summed E-state index contributed by atoms with van der Waals surface area (Å²) in [6, 6.07) is 15.6. The molecule has 1 aliphatic heterocycles. The van der Waals surface area contributed by atoms with Crippen molar-refractivity contribution in [2.75, 3.05) is 32.2 Å². The molecule has 5 N–H and O–H groups in total. The summed E-state index contributed by atoms with van der Waals surface area (Å²) in [6.07, 6.45) is 0.299. The van der Waals surface area contributed by atoms with Crippen LogP contribution in [0.15, 0.2) is 60.4 Å². The van der Waals surface area contributed by atoms with Crippen molar-refractivity contribution in [3.63, 3.8) is 0 Å². The minimum Gasteiger partial charge on any atom is -0.491 e. The molecule has 0 amide bonds. The van der Waals surface area contributed by atoms with Crippen LogP contribution in [-0.4, -0.2) is 64.8 Å². The van der Waals surface area contributed by atoms with Crippen molar-refractivity contribution in [1.82, 2.24) is 16.0 Å². The van der Waals surface area contributed by atoms with E-state index in [4.69, 9.17) is 26.2 Å². The first-order valence-electron chi connectivity index (χ1n) is 10.8. The number of alkyl halides is 1. The van der Waals surface area contributed by atoms with Gasteiger partial charge in [-0.3, -0.25) is 5.01 Å². The van der Waals surface area contributed by atoms with Crippen LogP contribution in [0.3, 0.4) is 0 Å². The summed E-state index contributed by atoms with van der Waals surface area (Å²) >= 11 is 5.59. The second-order valence-electron chi connectivity index (χ2n) is 8.46. The standard InChI is InChI=1S/C24H32ClN3O5/c1-24(2,17-3-7-22(8-4-17)32-15-20(30)11-25)18-5-9-23(10-6-18)33-16-21(31)13-28-12-19(14-29)26-27-28/h3-10,12,20-21,26-27,29-31H,11,13-16H2,1-2H3. The molecule has 2 aromatic rings. The van der Waals surface area contributed by atoms with Gasteiger partial charge < -0.3 is 30.2 Å². The lowest BCUT2D eigenvalue weighted by molar-refractivity contribution is 0.0687. The SMILES string of the molecule is CC(C)(c1ccc(OCC(O)CCl)cc1)c1ccc(OCC(O)CN2C=C(CO)NN2)cc1. The molecule has 0 aromatic heterocycles. The van der Waals surface area contributed by atoms with Crippen LogP contribution in [0.2, 0.25) is 0 Å². The Morgan fingerprint density at radius 1 is 0.909 bits per heavy atom. The van der Waals surface area contributed by atoms with E-state index < -0.39 is 12.2 Å². The summed E-state index contributed by atoms with van der Waals surface area (Å²) in [7, 11) is 0. The molecule has 0 spiro atoms. The van der Waals surface area contributed by atoms with Crippen molar-refractivity contribution in [2.24, 2.45) is 0 Å². The monoisotopic (exact) mass is 477 g/mol. The summed E-state index contributed by atoms with van der Waals surface area (Å²) in [5, 5.41) is 30.5. The smallest absolute Gasteiger partial charge is 0.119 e. The second-order valence-corrected chi connectivity index (χ2v) is 8.77. The number of rotatable bonds is 12. The van der Waals surface area contributed by atoms with Gasteiger partial charge in [0, 0.05) is 11.6 Å². The Balaban J connectivity index is 1.53. The van der Waals surface area contributed by atoms with E-state index in [1.807, 2.05) is 48.5 Å². The number of hydrogen-bond donors (Lipinski definition) is 5. The average molecular weight is 478 g/mol. The van der Waals surface area contributed by atoms with E-state index in [-0.39, 0.29) is 31.1 Å². The van der Waals surface area contributed by atoms with Crippen LogP contribution in [0.25, 0.3) is 0 Å². The van der Waals surface area contributed by atoms with Gasteiger partial charge in [-0.25, -0.2) is 0 Å². The van der Waals surface area contributed by atoms with E-state index in [9.17, 15) is 10.2 Å². The zero-order chi connectivity index (χ0) is 23.8. The molecule has 0 radical (unpaired) electrons. The molecular formula is C24H32ClN3O5. The van der Waals surface area contributed by atoms with E-state index in [0.29, 0.717) is 23.7 Å². The summed E-state index contributed by atoms with van der Waals surface area (Å²) in [4.78, 5) is 0. The largest absolute Gasteiger partial charge is 0.491 e. The highest BCUT2D eigenvalue weighted by Crippen LogP contribution is 2.33. The Labute approximate surface area is 199 Å². The Bertz CT molecular complexity index is 905. The molecule has 2 unspecified atom stereocenters.